The highest BCUT2D eigenvalue weighted by molar-refractivity contribution is 5.93. The molecule has 0 aliphatic rings. The predicted octanol–water partition coefficient (Wildman–Crippen LogP) is 0.620. The van der Waals surface area contributed by atoms with Gasteiger partial charge in [-0.25, -0.2) is 0 Å². The van der Waals surface area contributed by atoms with Gasteiger partial charge in [-0.1, -0.05) is 0 Å². The van der Waals surface area contributed by atoms with E-state index < -0.39 is 0 Å². The second-order valence-corrected chi connectivity index (χ2v) is 2.69. The summed E-state index contributed by atoms with van der Waals surface area (Å²) in [5.41, 5.74) is 0.515. The average Bonchev–Trinajstić information content (AvgIpc) is 2.25. The Morgan fingerprint density at radius 3 is 3.07 bits per heavy atom. The van der Waals surface area contributed by atoms with Gasteiger partial charge >= 0.3 is 0 Å². The monoisotopic (exact) mass is 189 g/mol. The van der Waals surface area contributed by atoms with Crippen LogP contribution in [0.5, 0.6) is 0 Å². The summed E-state index contributed by atoms with van der Waals surface area (Å²) in [7, 11) is 0. The van der Waals surface area contributed by atoms with Gasteiger partial charge in [-0.15, -0.1) is 12.3 Å². The molecule has 0 atom stereocenters. The number of rotatable bonds is 4. The average molecular weight is 189 g/mol. The first-order valence-corrected chi connectivity index (χ1v) is 4.33. The lowest BCUT2D eigenvalue weighted by molar-refractivity contribution is 0.0953. The van der Waals surface area contributed by atoms with E-state index in [1.807, 2.05) is 0 Å². The van der Waals surface area contributed by atoms with E-state index in [9.17, 15) is 4.79 Å². The van der Waals surface area contributed by atoms with Crippen molar-refractivity contribution in [3.63, 3.8) is 0 Å². The summed E-state index contributed by atoms with van der Waals surface area (Å²) in [5, 5.41) is 9.92. The van der Waals surface area contributed by atoms with Gasteiger partial charge in [-0.3, -0.25) is 4.79 Å². The third kappa shape index (κ3) is 3.23. The normalized spacial score (nSPS) is 9.07. The molecule has 0 fully saturated rings. The van der Waals surface area contributed by atoms with Crippen LogP contribution in [-0.4, -0.2) is 22.6 Å². The molecule has 14 heavy (non-hydrogen) atoms. The van der Waals surface area contributed by atoms with Gasteiger partial charge in [0.2, 0.25) is 0 Å². The number of unbranched alkanes of at least 4 members (excludes halogenated alkanes) is 1. The number of amides is 1. The molecule has 1 amide bonds. The van der Waals surface area contributed by atoms with Crippen molar-refractivity contribution >= 4 is 5.91 Å². The van der Waals surface area contributed by atoms with Gasteiger partial charge < -0.3 is 5.32 Å². The molecule has 0 unspecified atom stereocenters. The van der Waals surface area contributed by atoms with Crippen LogP contribution in [0.3, 0.4) is 0 Å². The predicted molar refractivity (Wildman–Crippen MR) is 52.4 cm³/mol. The molecule has 0 spiro atoms. The Hall–Kier alpha value is -1.89. The first-order chi connectivity index (χ1) is 6.84. The lowest BCUT2D eigenvalue weighted by Crippen LogP contribution is -2.24. The topological polar surface area (TPSA) is 54.9 Å². The summed E-state index contributed by atoms with van der Waals surface area (Å²) in [6.07, 6.45) is 9.45. The van der Waals surface area contributed by atoms with Crippen molar-refractivity contribution in [3.05, 3.63) is 24.0 Å². The molecular formula is C10H11N3O. The van der Waals surface area contributed by atoms with Crippen molar-refractivity contribution in [2.24, 2.45) is 0 Å². The van der Waals surface area contributed by atoms with Crippen LogP contribution in [0, 0.1) is 12.3 Å². The minimum atomic E-state index is -0.142. The molecule has 0 aliphatic heterocycles. The van der Waals surface area contributed by atoms with Crippen molar-refractivity contribution in [1.82, 2.24) is 15.5 Å². The third-order valence-corrected chi connectivity index (χ3v) is 1.63. The maximum Gasteiger partial charge on any atom is 0.252 e. The van der Waals surface area contributed by atoms with Crippen molar-refractivity contribution in [1.29, 1.82) is 0 Å². The van der Waals surface area contributed by atoms with E-state index in [4.69, 9.17) is 6.42 Å². The smallest absolute Gasteiger partial charge is 0.252 e. The fraction of sp³-hybridized carbons (Fsp3) is 0.300. The Kier molecular flexibility index (Phi) is 4.15. The molecule has 1 N–H and O–H groups in total. The minimum Gasteiger partial charge on any atom is -0.352 e. The molecule has 0 bridgehead atoms. The Morgan fingerprint density at radius 1 is 1.57 bits per heavy atom. The fourth-order valence-corrected chi connectivity index (χ4v) is 0.919. The van der Waals surface area contributed by atoms with Crippen LogP contribution in [0.15, 0.2) is 18.5 Å². The molecule has 0 aromatic carbocycles. The van der Waals surface area contributed by atoms with Crippen LogP contribution in [0.4, 0.5) is 0 Å². The molecule has 0 aliphatic carbocycles. The second kappa shape index (κ2) is 5.70. The molecule has 0 saturated heterocycles. The molecule has 4 nitrogen and oxygen atoms in total. The molecule has 0 saturated carbocycles. The summed E-state index contributed by atoms with van der Waals surface area (Å²) in [6, 6.07) is 1.61. The molecule has 1 heterocycles. The Balaban J connectivity index is 2.33. The maximum atomic E-state index is 11.4. The number of hydrogen-bond donors (Lipinski definition) is 1. The molecule has 1 aromatic rings. The van der Waals surface area contributed by atoms with Gasteiger partial charge in [-0.05, 0) is 12.5 Å². The highest BCUT2D eigenvalue weighted by Crippen LogP contribution is 1.93. The van der Waals surface area contributed by atoms with Crippen molar-refractivity contribution in [2.75, 3.05) is 6.54 Å². The zero-order valence-corrected chi connectivity index (χ0v) is 7.73. The second-order valence-electron chi connectivity index (χ2n) is 2.69. The van der Waals surface area contributed by atoms with Gasteiger partial charge in [0, 0.05) is 13.0 Å². The Morgan fingerprint density at radius 2 is 2.43 bits per heavy atom. The van der Waals surface area contributed by atoms with Crippen LogP contribution in [0.2, 0.25) is 0 Å². The molecule has 0 radical (unpaired) electrons. The number of carbonyl (C=O) groups is 1. The molecule has 1 rings (SSSR count). The van der Waals surface area contributed by atoms with E-state index in [0.717, 1.165) is 6.42 Å². The summed E-state index contributed by atoms with van der Waals surface area (Å²) in [6.45, 7) is 0.589. The number of carbonyl (C=O) groups excluding carboxylic acids is 1. The summed E-state index contributed by atoms with van der Waals surface area (Å²) in [5.74, 6) is 2.37. The number of aromatic nitrogens is 2. The van der Waals surface area contributed by atoms with E-state index >= 15 is 0 Å². The molecule has 4 heteroatoms. The van der Waals surface area contributed by atoms with Gasteiger partial charge in [-0.2, -0.15) is 10.2 Å². The first kappa shape index (κ1) is 10.2. The van der Waals surface area contributed by atoms with Crippen LogP contribution in [0.25, 0.3) is 0 Å². The van der Waals surface area contributed by atoms with Gasteiger partial charge in [0.25, 0.3) is 5.91 Å². The SMILES string of the molecule is C#CCCCNC(=O)c1ccnnc1. The summed E-state index contributed by atoms with van der Waals surface area (Å²) < 4.78 is 0. The van der Waals surface area contributed by atoms with E-state index in [1.54, 1.807) is 6.07 Å². The van der Waals surface area contributed by atoms with E-state index in [-0.39, 0.29) is 5.91 Å². The molecule has 1 aromatic heterocycles. The van der Waals surface area contributed by atoms with Crippen molar-refractivity contribution < 1.29 is 4.79 Å². The summed E-state index contributed by atoms with van der Waals surface area (Å²) in [4.78, 5) is 11.4. The lowest BCUT2D eigenvalue weighted by atomic mass is 10.2. The summed E-state index contributed by atoms with van der Waals surface area (Å²) >= 11 is 0. The molecular weight excluding hydrogens is 178 g/mol. The highest BCUT2D eigenvalue weighted by Gasteiger charge is 2.02. The van der Waals surface area contributed by atoms with Gasteiger partial charge in [0.15, 0.2) is 0 Å². The van der Waals surface area contributed by atoms with Crippen LogP contribution in [-0.2, 0) is 0 Å². The van der Waals surface area contributed by atoms with Gasteiger partial charge in [0.05, 0.1) is 18.0 Å². The van der Waals surface area contributed by atoms with Crippen LogP contribution >= 0.6 is 0 Å². The van der Waals surface area contributed by atoms with Crippen molar-refractivity contribution in [2.45, 2.75) is 12.8 Å². The standard InChI is InChI=1S/C10H11N3O/c1-2-3-4-6-11-10(14)9-5-7-12-13-8-9/h1,5,7-8H,3-4,6H2,(H,11,14). The zero-order chi connectivity index (χ0) is 10.2. The largest absolute Gasteiger partial charge is 0.352 e. The number of nitrogens with one attached hydrogen (secondary N) is 1. The fourth-order valence-electron chi connectivity index (χ4n) is 0.919. The van der Waals surface area contributed by atoms with Gasteiger partial charge in [0.1, 0.15) is 0 Å². The Labute approximate surface area is 82.7 Å². The number of terminal acetylenes is 1. The van der Waals surface area contributed by atoms with Crippen molar-refractivity contribution in [3.8, 4) is 12.3 Å². The lowest BCUT2D eigenvalue weighted by Gasteiger charge is -2.02. The molecule has 72 valence electrons. The minimum absolute atomic E-state index is 0.142. The highest BCUT2D eigenvalue weighted by atomic mass is 16.1. The zero-order valence-electron chi connectivity index (χ0n) is 7.73. The number of nitrogens with zero attached hydrogens (tertiary/aromatic N) is 2. The maximum absolute atomic E-state index is 11.4. The first-order valence-electron chi connectivity index (χ1n) is 4.33. The number of hydrogen-bond acceptors (Lipinski definition) is 3. The quantitative estimate of drug-likeness (QED) is 0.558. The van der Waals surface area contributed by atoms with E-state index in [0.29, 0.717) is 18.5 Å². The van der Waals surface area contributed by atoms with E-state index in [1.165, 1.54) is 12.4 Å². The van der Waals surface area contributed by atoms with Crippen LogP contribution in [0.1, 0.15) is 23.2 Å². The van der Waals surface area contributed by atoms with E-state index in [2.05, 4.69) is 21.4 Å². The third-order valence-electron chi connectivity index (χ3n) is 1.63. The Bertz CT molecular complexity index is 329. The van der Waals surface area contributed by atoms with Crippen LogP contribution < -0.4 is 5.32 Å².